The molecule has 4 heteroatoms. The molecular formula is C11H19NO3. The van der Waals surface area contributed by atoms with Crippen LogP contribution in [0.4, 0.5) is 0 Å². The fraction of sp³-hybridized carbons (Fsp3) is 0.818. The molecule has 1 aliphatic heterocycles. The molecule has 1 rings (SSSR count). The van der Waals surface area contributed by atoms with Crippen molar-refractivity contribution in [3.05, 3.63) is 0 Å². The van der Waals surface area contributed by atoms with Gasteiger partial charge in [0, 0.05) is 13.0 Å². The minimum absolute atomic E-state index is 0.00250. The summed E-state index contributed by atoms with van der Waals surface area (Å²) < 4.78 is 0. The summed E-state index contributed by atoms with van der Waals surface area (Å²) in [7, 11) is 0. The van der Waals surface area contributed by atoms with Gasteiger partial charge in [-0.1, -0.05) is 20.3 Å². The van der Waals surface area contributed by atoms with Crippen molar-refractivity contribution >= 4 is 11.9 Å². The predicted molar refractivity (Wildman–Crippen MR) is 56.4 cm³/mol. The monoisotopic (exact) mass is 213 g/mol. The van der Waals surface area contributed by atoms with Gasteiger partial charge in [0.15, 0.2) is 0 Å². The van der Waals surface area contributed by atoms with Crippen molar-refractivity contribution in [2.75, 3.05) is 6.54 Å². The summed E-state index contributed by atoms with van der Waals surface area (Å²) in [6.07, 6.45) is 3.07. The van der Waals surface area contributed by atoms with Crippen molar-refractivity contribution < 1.29 is 14.7 Å². The van der Waals surface area contributed by atoms with Gasteiger partial charge < -0.3 is 10.0 Å². The molecule has 0 aliphatic carbocycles. The topological polar surface area (TPSA) is 57.6 Å². The first kappa shape index (κ1) is 12.0. The van der Waals surface area contributed by atoms with Crippen molar-refractivity contribution in [2.45, 2.75) is 45.6 Å². The molecule has 0 aromatic rings. The van der Waals surface area contributed by atoms with E-state index in [-0.39, 0.29) is 5.91 Å². The van der Waals surface area contributed by atoms with Gasteiger partial charge in [-0.05, 0) is 18.8 Å². The molecule has 86 valence electrons. The SMILES string of the molecule is CCCC1CC(=O)N([C@@H](CC)C(=O)O)C1. The van der Waals surface area contributed by atoms with Gasteiger partial charge >= 0.3 is 5.97 Å². The van der Waals surface area contributed by atoms with Gasteiger partial charge in [-0.3, -0.25) is 4.79 Å². The van der Waals surface area contributed by atoms with Crippen LogP contribution in [0.15, 0.2) is 0 Å². The Balaban J connectivity index is 2.63. The van der Waals surface area contributed by atoms with E-state index in [9.17, 15) is 9.59 Å². The standard InChI is InChI=1S/C11H19NO3/c1-3-5-8-6-10(13)12(7-8)9(4-2)11(14)15/h8-9H,3-7H2,1-2H3,(H,14,15)/t8?,9-/m0/s1. The van der Waals surface area contributed by atoms with Gasteiger partial charge in [-0.15, -0.1) is 0 Å². The normalized spacial score (nSPS) is 23.2. The molecule has 0 saturated carbocycles. The average molecular weight is 213 g/mol. The van der Waals surface area contributed by atoms with Crippen molar-refractivity contribution in [3.8, 4) is 0 Å². The van der Waals surface area contributed by atoms with Crippen LogP contribution in [0.5, 0.6) is 0 Å². The van der Waals surface area contributed by atoms with Gasteiger partial charge in [0.1, 0.15) is 6.04 Å². The zero-order valence-corrected chi connectivity index (χ0v) is 9.40. The summed E-state index contributed by atoms with van der Waals surface area (Å²) in [5, 5.41) is 8.97. The van der Waals surface area contributed by atoms with Gasteiger partial charge in [-0.25, -0.2) is 4.79 Å². The van der Waals surface area contributed by atoms with Gasteiger partial charge in [0.05, 0.1) is 0 Å². The third kappa shape index (κ3) is 2.70. The third-order valence-electron chi connectivity index (χ3n) is 2.98. The first-order chi connectivity index (χ1) is 7.10. The van der Waals surface area contributed by atoms with Gasteiger partial charge in [0.25, 0.3) is 0 Å². The Kier molecular flexibility index (Phi) is 4.12. The Labute approximate surface area is 90.3 Å². The molecule has 15 heavy (non-hydrogen) atoms. The number of carbonyl (C=O) groups excluding carboxylic acids is 1. The van der Waals surface area contributed by atoms with Crippen LogP contribution in [0, 0.1) is 5.92 Å². The summed E-state index contributed by atoms with van der Waals surface area (Å²) >= 11 is 0. The lowest BCUT2D eigenvalue weighted by atomic mass is 10.0. The molecule has 0 spiro atoms. The van der Waals surface area contributed by atoms with E-state index in [1.807, 2.05) is 0 Å². The van der Waals surface area contributed by atoms with Crippen molar-refractivity contribution in [1.82, 2.24) is 4.90 Å². The van der Waals surface area contributed by atoms with Crippen molar-refractivity contribution in [3.63, 3.8) is 0 Å². The van der Waals surface area contributed by atoms with Crippen LogP contribution in [0.1, 0.15) is 39.5 Å². The number of amides is 1. The summed E-state index contributed by atoms with van der Waals surface area (Å²) in [6, 6.07) is -0.626. The minimum atomic E-state index is -0.886. The number of nitrogens with zero attached hydrogens (tertiary/aromatic N) is 1. The van der Waals surface area contributed by atoms with E-state index in [1.54, 1.807) is 6.92 Å². The number of carbonyl (C=O) groups is 2. The minimum Gasteiger partial charge on any atom is -0.480 e. The molecule has 0 aromatic heterocycles. The predicted octanol–water partition coefficient (Wildman–Crippen LogP) is 1.50. The van der Waals surface area contributed by atoms with Crippen molar-refractivity contribution in [1.29, 1.82) is 0 Å². The molecule has 1 saturated heterocycles. The second-order valence-corrected chi connectivity index (χ2v) is 4.17. The average Bonchev–Trinajstić information content (AvgIpc) is 2.49. The smallest absolute Gasteiger partial charge is 0.326 e. The molecular weight excluding hydrogens is 194 g/mol. The zero-order valence-electron chi connectivity index (χ0n) is 9.40. The highest BCUT2D eigenvalue weighted by atomic mass is 16.4. The molecule has 2 atom stereocenters. The molecule has 0 bridgehead atoms. The Morgan fingerprint density at radius 1 is 1.60 bits per heavy atom. The van der Waals surface area contributed by atoms with Crippen LogP contribution >= 0.6 is 0 Å². The molecule has 1 heterocycles. The third-order valence-corrected chi connectivity index (χ3v) is 2.98. The van der Waals surface area contributed by atoms with Crippen molar-refractivity contribution in [2.24, 2.45) is 5.92 Å². The van der Waals surface area contributed by atoms with Crippen LogP contribution in [0.3, 0.4) is 0 Å². The van der Waals surface area contributed by atoms with E-state index in [0.29, 0.717) is 25.3 Å². The van der Waals surface area contributed by atoms with E-state index in [1.165, 1.54) is 4.90 Å². The molecule has 0 aromatic carbocycles. The number of hydrogen-bond donors (Lipinski definition) is 1. The lowest BCUT2D eigenvalue weighted by Crippen LogP contribution is -2.41. The molecule has 1 amide bonds. The number of carboxylic acids is 1. The number of likely N-dealkylation sites (tertiary alicyclic amines) is 1. The van der Waals surface area contributed by atoms with E-state index in [0.717, 1.165) is 12.8 Å². The zero-order chi connectivity index (χ0) is 11.4. The number of carboxylic acid groups (broad SMARTS) is 1. The summed E-state index contributed by atoms with van der Waals surface area (Å²) in [4.78, 5) is 24.1. The highest BCUT2D eigenvalue weighted by molar-refractivity contribution is 5.85. The maximum absolute atomic E-state index is 11.6. The van der Waals surface area contributed by atoms with Gasteiger partial charge in [-0.2, -0.15) is 0 Å². The van der Waals surface area contributed by atoms with E-state index < -0.39 is 12.0 Å². The van der Waals surface area contributed by atoms with E-state index in [2.05, 4.69) is 6.92 Å². The summed E-state index contributed by atoms with van der Waals surface area (Å²) in [5.41, 5.74) is 0. The van der Waals surface area contributed by atoms with Gasteiger partial charge in [0.2, 0.25) is 5.91 Å². The second-order valence-electron chi connectivity index (χ2n) is 4.17. The Bertz CT molecular complexity index is 252. The maximum atomic E-state index is 11.6. The van der Waals surface area contributed by atoms with Crippen LogP contribution in [0.2, 0.25) is 0 Å². The van der Waals surface area contributed by atoms with Crippen LogP contribution in [0.25, 0.3) is 0 Å². The van der Waals surface area contributed by atoms with Crippen LogP contribution < -0.4 is 0 Å². The number of aliphatic carboxylic acids is 1. The first-order valence-corrected chi connectivity index (χ1v) is 5.62. The lowest BCUT2D eigenvalue weighted by molar-refractivity contribution is -0.148. The van der Waals surface area contributed by atoms with E-state index in [4.69, 9.17) is 5.11 Å². The maximum Gasteiger partial charge on any atom is 0.326 e. The number of rotatable bonds is 5. The molecule has 0 radical (unpaired) electrons. The largest absolute Gasteiger partial charge is 0.480 e. The molecule has 1 unspecified atom stereocenters. The number of hydrogen-bond acceptors (Lipinski definition) is 2. The highest BCUT2D eigenvalue weighted by Crippen LogP contribution is 2.24. The quantitative estimate of drug-likeness (QED) is 0.753. The fourth-order valence-corrected chi connectivity index (χ4v) is 2.24. The van der Waals surface area contributed by atoms with E-state index >= 15 is 0 Å². The Morgan fingerprint density at radius 2 is 2.27 bits per heavy atom. The Morgan fingerprint density at radius 3 is 2.73 bits per heavy atom. The lowest BCUT2D eigenvalue weighted by Gasteiger charge is -2.23. The Hall–Kier alpha value is -1.06. The van der Waals surface area contributed by atoms with Crippen LogP contribution in [-0.2, 0) is 9.59 Å². The molecule has 4 nitrogen and oxygen atoms in total. The fourth-order valence-electron chi connectivity index (χ4n) is 2.24. The molecule has 1 aliphatic rings. The summed E-state index contributed by atoms with van der Waals surface area (Å²) in [5.74, 6) is -0.526. The second kappa shape index (κ2) is 5.14. The molecule has 1 N–H and O–H groups in total. The summed E-state index contributed by atoms with van der Waals surface area (Å²) in [6.45, 7) is 4.51. The first-order valence-electron chi connectivity index (χ1n) is 5.62. The van der Waals surface area contributed by atoms with Crippen LogP contribution in [-0.4, -0.2) is 34.5 Å². The molecule has 1 fully saturated rings. The highest BCUT2D eigenvalue weighted by Gasteiger charge is 2.36.